The van der Waals surface area contributed by atoms with E-state index >= 15 is 0 Å². The van der Waals surface area contributed by atoms with Crippen LogP contribution in [0.4, 0.5) is 18.9 Å². The maximum absolute atomic E-state index is 13.0. The Kier molecular flexibility index (Phi) is 5.33. The second-order valence-electron chi connectivity index (χ2n) is 7.67. The molecule has 5 rings (SSSR count). The normalized spacial score (nSPS) is 11.5. The van der Waals surface area contributed by atoms with Crippen LogP contribution >= 0.6 is 0 Å². The maximum Gasteiger partial charge on any atom is 0.416 e. The lowest BCUT2D eigenvalue weighted by Gasteiger charge is -2.08. The van der Waals surface area contributed by atoms with Crippen molar-refractivity contribution >= 4 is 22.6 Å². The van der Waals surface area contributed by atoms with Crippen molar-refractivity contribution in [1.82, 2.24) is 15.0 Å². The summed E-state index contributed by atoms with van der Waals surface area (Å²) in [5.74, 6) is 0.234. The van der Waals surface area contributed by atoms with Crippen molar-refractivity contribution in [3.8, 4) is 22.5 Å². The predicted octanol–water partition coefficient (Wildman–Crippen LogP) is 6.56. The van der Waals surface area contributed by atoms with Gasteiger partial charge in [-0.2, -0.15) is 13.2 Å². The van der Waals surface area contributed by atoms with Crippen molar-refractivity contribution in [3.63, 3.8) is 0 Å². The molecule has 5 nitrogen and oxygen atoms in total. The van der Waals surface area contributed by atoms with Gasteiger partial charge >= 0.3 is 6.18 Å². The fraction of sp³-hybridized carbons (Fsp3) is 0.0385. The third kappa shape index (κ3) is 4.38. The Labute approximate surface area is 192 Å². The number of halogens is 3. The van der Waals surface area contributed by atoms with Gasteiger partial charge in [0, 0.05) is 23.6 Å². The fourth-order valence-corrected chi connectivity index (χ4v) is 3.62. The molecular weight excluding hydrogens is 441 g/mol. The second kappa shape index (κ2) is 8.47. The molecule has 2 heterocycles. The molecule has 0 spiro atoms. The van der Waals surface area contributed by atoms with Crippen LogP contribution in [0.2, 0.25) is 0 Å². The number of nitrogens with zero attached hydrogens (tertiary/aromatic N) is 2. The van der Waals surface area contributed by atoms with E-state index in [4.69, 9.17) is 0 Å². The number of nitrogens with one attached hydrogen (secondary N) is 2. The SMILES string of the molecule is O=C(Nc1cccc(-c2ccc(-c3nc4ccc(C(F)(F)F)cc4[nH]3)cc2)c1)c1cccnc1. The number of rotatable bonds is 4. The molecule has 168 valence electrons. The number of carbonyl (C=O) groups is 1. The van der Waals surface area contributed by atoms with Crippen molar-refractivity contribution in [2.45, 2.75) is 6.18 Å². The first-order valence-corrected chi connectivity index (χ1v) is 10.4. The van der Waals surface area contributed by atoms with E-state index in [1.807, 2.05) is 42.5 Å². The predicted molar refractivity (Wildman–Crippen MR) is 124 cm³/mol. The molecule has 34 heavy (non-hydrogen) atoms. The average Bonchev–Trinajstić information content (AvgIpc) is 3.28. The number of amides is 1. The van der Waals surface area contributed by atoms with Crippen LogP contribution in [-0.2, 0) is 6.18 Å². The first-order chi connectivity index (χ1) is 16.4. The Balaban J connectivity index is 1.37. The Morgan fingerprint density at radius 1 is 0.853 bits per heavy atom. The lowest BCUT2D eigenvalue weighted by atomic mass is 10.0. The summed E-state index contributed by atoms with van der Waals surface area (Å²) in [6, 6.07) is 21.7. The number of aromatic amines is 1. The van der Waals surface area contributed by atoms with E-state index < -0.39 is 11.7 Å². The molecule has 0 atom stereocenters. The highest BCUT2D eigenvalue weighted by atomic mass is 19.4. The molecule has 2 N–H and O–H groups in total. The van der Waals surface area contributed by atoms with Crippen LogP contribution in [0, 0.1) is 0 Å². The van der Waals surface area contributed by atoms with Crippen molar-refractivity contribution in [1.29, 1.82) is 0 Å². The standard InChI is InChI=1S/C26H17F3N4O/c27-26(28,29)20-10-11-22-23(14-20)33-24(32-22)17-8-6-16(7-9-17)18-3-1-5-21(13-18)31-25(34)19-4-2-12-30-15-19/h1-15H,(H,31,34)(H,32,33). The number of aromatic nitrogens is 3. The first-order valence-electron chi connectivity index (χ1n) is 10.4. The molecule has 0 aliphatic carbocycles. The molecule has 0 aliphatic heterocycles. The molecule has 0 saturated heterocycles. The highest BCUT2D eigenvalue weighted by Gasteiger charge is 2.30. The topological polar surface area (TPSA) is 70.7 Å². The molecule has 0 bridgehead atoms. The Hall–Kier alpha value is -4.46. The number of benzene rings is 3. The summed E-state index contributed by atoms with van der Waals surface area (Å²) in [5, 5.41) is 2.86. The number of carbonyl (C=O) groups excluding carboxylic acids is 1. The van der Waals surface area contributed by atoms with Crippen molar-refractivity contribution in [3.05, 3.63) is 102 Å². The number of hydrogen-bond acceptors (Lipinski definition) is 3. The van der Waals surface area contributed by atoms with E-state index in [1.54, 1.807) is 24.4 Å². The van der Waals surface area contributed by atoms with Crippen molar-refractivity contribution in [2.75, 3.05) is 5.32 Å². The molecule has 0 aliphatic rings. The minimum atomic E-state index is -4.41. The number of anilines is 1. The van der Waals surface area contributed by atoms with Crippen molar-refractivity contribution in [2.24, 2.45) is 0 Å². The highest BCUT2D eigenvalue weighted by Crippen LogP contribution is 2.32. The number of H-pyrrole nitrogens is 1. The van der Waals surface area contributed by atoms with E-state index in [2.05, 4.69) is 20.3 Å². The number of hydrogen-bond donors (Lipinski definition) is 2. The zero-order valence-corrected chi connectivity index (χ0v) is 17.6. The summed E-state index contributed by atoms with van der Waals surface area (Å²) in [5.41, 5.74) is 3.73. The molecule has 0 fully saturated rings. The van der Waals surface area contributed by atoms with Crippen LogP contribution in [0.1, 0.15) is 15.9 Å². The fourth-order valence-electron chi connectivity index (χ4n) is 3.62. The molecule has 8 heteroatoms. The van der Waals surface area contributed by atoms with Gasteiger partial charge in [0.1, 0.15) is 5.82 Å². The Bertz CT molecular complexity index is 1480. The average molecular weight is 458 g/mol. The third-order valence-electron chi connectivity index (χ3n) is 5.35. The van der Waals surface area contributed by atoms with E-state index in [0.717, 1.165) is 28.8 Å². The van der Waals surface area contributed by atoms with E-state index in [-0.39, 0.29) is 5.91 Å². The number of pyridine rings is 1. The summed E-state index contributed by atoms with van der Waals surface area (Å²) in [6.07, 6.45) is -1.31. The lowest BCUT2D eigenvalue weighted by molar-refractivity contribution is -0.137. The molecule has 2 aromatic heterocycles. The monoisotopic (exact) mass is 458 g/mol. The largest absolute Gasteiger partial charge is 0.416 e. The quantitative estimate of drug-likeness (QED) is 0.320. The highest BCUT2D eigenvalue weighted by molar-refractivity contribution is 6.04. The van der Waals surface area contributed by atoms with E-state index in [1.165, 1.54) is 12.3 Å². The molecule has 0 radical (unpaired) electrons. The lowest BCUT2D eigenvalue weighted by Crippen LogP contribution is -2.11. The maximum atomic E-state index is 13.0. The third-order valence-corrected chi connectivity index (χ3v) is 5.35. The molecule has 1 amide bonds. The smallest absolute Gasteiger partial charge is 0.338 e. The van der Waals surface area contributed by atoms with Gasteiger partial charge < -0.3 is 10.3 Å². The first kappa shape index (κ1) is 21.4. The van der Waals surface area contributed by atoms with Gasteiger partial charge in [-0.05, 0) is 53.6 Å². The van der Waals surface area contributed by atoms with Crippen LogP contribution < -0.4 is 5.32 Å². The van der Waals surface area contributed by atoms with Crippen LogP contribution in [-0.4, -0.2) is 20.9 Å². The van der Waals surface area contributed by atoms with Crippen LogP contribution in [0.5, 0.6) is 0 Å². The van der Waals surface area contributed by atoms with Crippen LogP contribution in [0.15, 0.2) is 91.3 Å². The molecule has 0 unspecified atom stereocenters. The zero-order valence-electron chi connectivity index (χ0n) is 17.6. The Morgan fingerprint density at radius 3 is 2.38 bits per heavy atom. The van der Waals surface area contributed by atoms with Crippen LogP contribution in [0.3, 0.4) is 0 Å². The molecule has 3 aromatic carbocycles. The van der Waals surface area contributed by atoms with Gasteiger partial charge in [0.25, 0.3) is 5.91 Å². The van der Waals surface area contributed by atoms with E-state index in [0.29, 0.717) is 28.1 Å². The van der Waals surface area contributed by atoms with Gasteiger partial charge in [0.05, 0.1) is 22.2 Å². The number of imidazole rings is 1. The van der Waals surface area contributed by atoms with Gasteiger partial charge in [-0.1, -0.05) is 36.4 Å². The summed E-state index contributed by atoms with van der Waals surface area (Å²) in [6.45, 7) is 0. The number of fused-ring (bicyclic) bond motifs is 1. The van der Waals surface area contributed by atoms with Gasteiger partial charge in [0.15, 0.2) is 0 Å². The van der Waals surface area contributed by atoms with Crippen molar-refractivity contribution < 1.29 is 18.0 Å². The van der Waals surface area contributed by atoms with E-state index in [9.17, 15) is 18.0 Å². The summed E-state index contributed by atoms with van der Waals surface area (Å²) >= 11 is 0. The summed E-state index contributed by atoms with van der Waals surface area (Å²) in [4.78, 5) is 23.7. The Morgan fingerprint density at radius 2 is 1.65 bits per heavy atom. The minimum absolute atomic E-state index is 0.251. The zero-order chi connectivity index (χ0) is 23.7. The second-order valence-corrected chi connectivity index (χ2v) is 7.67. The molecule has 0 saturated carbocycles. The summed E-state index contributed by atoms with van der Waals surface area (Å²) in [7, 11) is 0. The molecule has 5 aromatic rings. The van der Waals surface area contributed by atoms with Gasteiger partial charge in [-0.15, -0.1) is 0 Å². The van der Waals surface area contributed by atoms with Gasteiger partial charge in [-0.3, -0.25) is 9.78 Å². The van der Waals surface area contributed by atoms with Gasteiger partial charge in [-0.25, -0.2) is 4.98 Å². The van der Waals surface area contributed by atoms with Gasteiger partial charge in [0.2, 0.25) is 0 Å². The summed E-state index contributed by atoms with van der Waals surface area (Å²) < 4.78 is 38.9. The minimum Gasteiger partial charge on any atom is -0.338 e. The van der Waals surface area contributed by atoms with Crippen LogP contribution in [0.25, 0.3) is 33.5 Å². The molecular formula is C26H17F3N4O. The number of alkyl halides is 3.